The van der Waals surface area contributed by atoms with E-state index in [4.69, 9.17) is 4.74 Å². The highest BCUT2D eigenvalue weighted by Crippen LogP contribution is 2.22. The number of carbonyl (C=O) groups excluding carboxylic acids is 1. The highest BCUT2D eigenvalue weighted by atomic mass is 16.5. The number of hydrogen-bond acceptors (Lipinski definition) is 3. The van der Waals surface area contributed by atoms with E-state index in [9.17, 15) is 4.79 Å². The summed E-state index contributed by atoms with van der Waals surface area (Å²) in [4.78, 5) is 18.6. The Bertz CT molecular complexity index is 922. The van der Waals surface area contributed by atoms with Gasteiger partial charge in [-0.1, -0.05) is 36.4 Å². The van der Waals surface area contributed by atoms with Crippen LogP contribution in [0.1, 0.15) is 24.0 Å². The Hall–Kier alpha value is -3.34. The SMILES string of the molecule is O=C(NCc1ccc(Oc2ccccc2)cc1)N1CCC(Cc2cccnc2)CC1. The van der Waals surface area contributed by atoms with Crippen LogP contribution >= 0.6 is 0 Å². The van der Waals surface area contributed by atoms with Gasteiger partial charge in [0.1, 0.15) is 11.5 Å². The fourth-order valence-corrected chi connectivity index (χ4v) is 3.78. The van der Waals surface area contributed by atoms with Gasteiger partial charge in [-0.05, 0) is 66.6 Å². The van der Waals surface area contributed by atoms with E-state index in [-0.39, 0.29) is 6.03 Å². The third-order valence-electron chi connectivity index (χ3n) is 5.49. The van der Waals surface area contributed by atoms with E-state index in [0.717, 1.165) is 49.4 Å². The normalized spacial score (nSPS) is 14.3. The van der Waals surface area contributed by atoms with Crippen molar-refractivity contribution in [2.75, 3.05) is 13.1 Å². The topological polar surface area (TPSA) is 54.5 Å². The van der Waals surface area contributed by atoms with Crippen molar-refractivity contribution in [3.63, 3.8) is 0 Å². The van der Waals surface area contributed by atoms with Crippen LogP contribution in [-0.4, -0.2) is 29.0 Å². The highest BCUT2D eigenvalue weighted by molar-refractivity contribution is 5.74. The Morgan fingerprint density at radius 3 is 2.37 bits per heavy atom. The summed E-state index contributed by atoms with van der Waals surface area (Å²) in [5.74, 6) is 2.22. The predicted octanol–water partition coefficient (Wildman–Crippen LogP) is 5.04. The zero-order valence-electron chi connectivity index (χ0n) is 17.0. The Morgan fingerprint density at radius 1 is 0.933 bits per heavy atom. The lowest BCUT2D eigenvalue weighted by atomic mass is 9.91. The third kappa shape index (κ3) is 5.60. The fourth-order valence-electron chi connectivity index (χ4n) is 3.78. The molecule has 2 amide bonds. The van der Waals surface area contributed by atoms with E-state index in [1.54, 1.807) is 6.20 Å². The minimum absolute atomic E-state index is 0.0134. The lowest BCUT2D eigenvalue weighted by Crippen LogP contribution is -2.44. The summed E-state index contributed by atoms with van der Waals surface area (Å²) in [5, 5.41) is 3.04. The van der Waals surface area contributed by atoms with Gasteiger partial charge in [-0.15, -0.1) is 0 Å². The number of hydrogen-bond donors (Lipinski definition) is 1. The van der Waals surface area contributed by atoms with Crippen LogP contribution in [-0.2, 0) is 13.0 Å². The van der Waals surface area contributed by atoms with Gasteiger partial charge in [-0.2, -0.15) is 0 Å². The molecule has 0 bridgehead atoms. The van der Waals surface area contributed by atoms with E-state index in [0.29, 0.717) is 12.5 Å². The standard InChI is InChI=1S/C25H27N3O2/c29-25(28-15-12-20(13-16-28)17-22-5-4-14-26-18-22)27-19-21-8-10-24(11-9-21)30-23-6-2-1-3-7-23/h1-11,14,18,20H,12-13,15-17,19H2,(H,27,29). The molecular weight excluding hydrogens is 374 g/mol. The molecule has 3 aromatic rings. The van der Waals surface area contributed by atoms with Crippen molar-refractivity contribution in [3.05, 3.63) is 90.3 Å². The van der Waals surface area contributed by atoms with E-state index in [1.165, 1.54) is 5.56 Å². The maximum Gasteiger partial charge on any atom is 0.317 e. The molecule has 0 unspecified atom stereocenters. The highest BCUT2D eigenvalue weighted by Gasteiger charge is 2.22. The van der Waals surface area contributed by atoms with Gasteiger partial charge >= 0.3 is 6.03 Å². The van der Waals surface area contributed by atoms with Crippen LogP contribution in [0, 0.1) is 5.92 Å². The average Bonchev–Trinajstić information content (AvgIpc) is 2.80. The fraction of sp³-hybridized carbons (Fsp3) is 0.280. The number of nitrogens with zero attached hydrogens (tertiary/aromatic N) is 2. The zero-order chi connectivity index (χ0) is 20.6. The number of urea groups is 1. The van der Waals surface area contributed by atoms with Gasteiger partial charge in [0.15, 0.2) is 0 Å². The summed E-state index contributed by atoms with van der Waals surface area (Å²) in [6, 6.07) is 21.7. The number of rotatable bonds is 6. The van der Waals surface area contributed by atoms with Crippen molar-refractivity contribution >= 4 is 6.03 Å². The lowest BCUT2D eigenvalue weighted by Gasteiger charge is -2.32. The first-order valence-corrected chi connectivity index (χ1v) is 10.5. The van der Waals surface area contributed by atoms with Gasteiger partial charge in [-0.3, -0.25) is 4.98 Å². The second-order valence-corrected chi connectivity index (χ2v) is 7.71. The molecule has 1 fully saturated rings. The molecule has 5 nitrogen and oxygen atoms in total. The summed E-state index contributed by atoms with van der Waals surface area (Å²) in [7, 11) is 0. The number of piperidine rings is 1. The van der Waals surface area contributed by atoms with Crippen molar-refractivity contribution in [1.82, 2.24) is 15.2 Å². The molecule has 0 aliphatic carbocycles. The van der Waals surface area contributed by atoms with Crippen molar-refractivity contribution in [2.24, 2.45) is 5.92 Å². The number of para-hydroxylation sites is 1. The van der Waals surface area contributed by atoms with Crippen LogP contribution in [0.25, 0.3) is 0 Å². The van der Waals surface area contributed by atoms with Crippen LogP contribution in [0.5, 0.6) is 11.5 Å². The van der Waals surface area contributed by atoms with Crippen LogP contribution in [0.2, 0.25) is 0 Å². The van der Waals surface area contributed by atoms with Gasteiger partial charge in [0.2, 0.25) is 0 Å². The molecule has 1 N–H and O–H groups in total. The van der Waals surface area contributed by atoms with Gasteiger partial charge < -0.3 is 15.0 Å². The van der Waals surface area contributed by atoms with Crippen LogP contribution in [0.15, 0.2) is 79.1 Å². The van der Waals surface area contributed by atoms with Crippen molar-refractivity contribution in [1.29, 1.82) is 0 Å². The number of aromatic nitrogens is 1. The molecule has 1 saturated heterocycles. The molecule has 0 atom stereocenters. The lowest BCUT2D eigenvalue weighted by molar-refractivity contribution is 0.170. The van der Waals surface area contributed by atoms with E-state index in [2.05, 4.69) is 16.4 Å². The average molecular weight is 402 g/mol. The van der Waals surface area contributed by atoms with Crippen molar-refractivity contribution in [2.45, 2.75) is 25.8 Å². The first kappa shape index (κ1) is 20.0. The second-order valence-electron chi connectivity index (χ2n) is 7.71. The summed E-state index contributed by atoms with van der Waals surface area (Å²) in [6.07, 6.45) is 6.86. The van der Waals surface area contributed by atoms with Gasteiger partial charge in [0.05, 0.1) is 0 Å². The predicted molar refractivity (Wildman–Crippen MR) is 117 cm³/mol. The molecule has 2 aromatic carbocycles. The molecule has 1 aromatic heterocycles. The summed E-state index contributed by atoms with van der Waals surface area (Å²) < 4.78 is 5.81. The Morgan fingerprint density at radius 2 is 1.67 bits per heavy atom. The minimum atomic E-state index is 0.0134. The van der Waals surface area contributed by atoms with E-state index in [1.807, 2.05) is 71.8 Å². The largest absolute Gasteiger partial charge is 0.457 e. The molecule has 2 heterocycles. The quantitative estimate of drug-likeness (QED) is 0.630. The van der Waals surface area contributed by atoms with Crippen LogP contribution in [0.3, 0.4) is 0 Å². The number of ether oxygens (including phenoxy) is 1. The number of nitrogens with one attached hydrogen (secondary N) is 1. The van der Waals surface area contributed by atoms with Crippen LogP contribution in [0.4, 0.5) is 4.79 Å². The molecule has 5 heteroatoms. The van der Waals surface area contributed by atoms with E-state index >= 15 is 0 Å². The number of likely N-dealkylation sites (tertiary alicyclic amines) is 1. The monoisotopic (exact) mass is 401 g/mol. The Balaban J connectivity index is 1.20. The molecule has 154 valence electrons. The number of carbonyl (C=O) groups is 1. The smallest absolute Gasteiger partial charge is 0.317 e. The molecule has 0 saturated carbocycles. The molecular formula is C25H27N3O2. The first-order valence-electron chi connectivity index (χ1n) is 10.5. The number of pyridine rings is 1. The van der Waals surface area contributed by atoms with Gasteiger partial charge in [-0.25, -0.2) is 4.79 Å². The Kier molecular flexibility index (Phi) is 6.60. The van der Waals surface area contributed by atoms with E-state index < -0.39 is 0 Å². The summed E-state index contributed by atoms with van der Waals surface area (Å²) >= 11 is 0. The molecule has 4 rings (SSSR count). The zero-order valence-corrected chi connectivity index (χ0v) is 17.0. The molecule has 1 aliphatic heterocycles. The van der Waals surface area contributed by atoms with Gasteiger partial charge in [0.25, 0.3) is 0 Å². The molecule has 1 aliphatic rings. The maximum atomic E-state index is 12.5. The van der Waals surface area contributed by atoms with Gasteiger partial charge in [0, 0.05) is 32.0 Å². The minimum Gasteiger partial charge on any atom is -0.457 e. The molecule has 30 heavy (non-hydrogen) atoms. The van der Waals surface area contributed by atoms with Crippen molar-refractivity contribution in [3.8, 4) is 11.5 Å². The maximum absolute atomic E-state index is 12.5. The second kappa shape index (κ2) is 9.92. The molecule has 0 radical (unpaired) electrons. The first-order chi connectivity index (χ1) is 14.8. The Labute approximate surface area is 177 Å². The van der Waals surface area contributed by atoms with Crippen LogP contribution < -0.4 is 10.1 Å². The third-order valence-corrected chi connectivity index (χ3v) is 5.49. The number of benzene rings is 2. The number of amides is 2. The summed E-state index contributed by atoms with van der Waals surface area (Å²) in [5.41, 5.74) is 2.33. The van der Waals surface area contributed by atoms with Crippen molar-refractivity contribution < 1.29 is 9.53 Å². The molecule has 0 spiro atoms. The summed E-state index contributed by atoms with van der Waals surface area (Å²) in [6.45, 7) is 2.13.